The van der Waals surface area contributed by atoms with Gasteiger partial charge in [-0.2, -0.15) is 0 Å². The van der Waals surface area contributed by atoms with E-state index in [0.717, 1.165) is 0 Å². The van der Waals surface area contributed by atoms with Crippen molar-refractivity contribution >= 4 is 23.2 Å². The molecule has 0 spiro atoms. The van der Waals surface area contributed by atoms with Crippen molar-refractivity contribution in [2.24, 2.45) is 0 Å². The fourth-order valence-corrected chi connectivity index (χ4v) is 1.95. The number of aliphatic hydroxyl groups is 1. The predicted octanol–water partition coefficient (Wildman–Crippen LogP) is 4.98. The number of ether oxygens (including phenoxy) is 1. The molecule has 0 aliphatic rings. The van der Waals surface area contributed by atoms with Crippen LogP contribution in [0.1, 0.15) is 18.6 Å². The van der Waals surface area contributed by atoms with Crippen molar-refractivity contribution in [2.75, 3.05) is 0 Å². The Bertz CT molecular complexity index is 600. The van der Waals surface area contributed by atoms with Crippen LogP contribution < -0.4 is 4.74 Å². The summed E-state index contributed by atoms with van der Waals surface area (Å²) in [5.74, 6) is 0.240. The molecule has 0 saturated carbocycles. The molecule has 2 nitrogen and oxygen atoms in total. The highest BCUT2D eigenvalue weighted by molar-refractivity contribution is 6.42. The molecular weight excluding hydrogens is 290 g/mol. The summed E-state index contributed by atoms with van der Waals surface area (Å²) in [7, 11) is 0. The molecule has 0 aromatic heterocycles. The van der Waals surface area contributed by atoms with Crippen molar-refractivity contribution in [2.45, 2.75) is 13.0 Å². The van der Waals surface area contributed by atoms with E-state index in [4.69, 9.17) is 27.9 Å². The smallest absolute Gasteiger partial charge is 0.147 e. The SMILES string of the molecule is C[C@H](O)c1cc(F)ccc1Oc1cccc(Cl)c1Cl. The second kappa shape index (κ2) is 5.78. The number of benzene rings is 2. The quantitative estimate of drug-likeness (QED) is 0.866. The average molecular weight is 301 g/mol. The molecule has 1 N–H and O–H groups in total. The lowest BCUT2D eigenvalue weighted by Crippen LogP contribution is -1.97. The van der Waals surface area contributed by atoms with Gasteiger partial charge in [-0.1, -0.05) is 29.3 Å². The minimum absolute atomic E-state index is 0.269. The van der Waals surface area contributed by atoms with Crippen molar-refractivity contribution < 1.29 is 14.2 Å². The first-order valence-corrected chi connectivity index (χ1v) is 6.34. The second-order valence-corrected chi connectivity index (χ2v) is 4.80. The summed E-state index contributed by atoms with van der Waals surface area (Å²) < 4.78 is 18.8. The van der Waals surface area contributed by atoms with E-state index >= 15 is 0 Å². The van der Waals surface area contributed by atoms with Gasteiger partial charge >= 0.3 is 0 Å². The normalized spacial score (nSPS) is 12.3. The van der Waals surface area contributed by atoms with Crippen molar-refractivity contribution in [1.29, 1.82) is 0 Å². The third-order valence-corrected chi connectivity index (χ3v) is 3.36. The molecule has 19 heavy (non-hydrogen) atoms. The van der Waals surface area contributed by atoms with Crippen molar-refractivity contribution in [1.82, 2.24) is 0 Å². The molecule has 0 fully saturated rings. The van der Waals surface area contributed by atoms with Gasteiger partial charge in [-0.25, -0.2) is 4.39 Å². The highest BCUT2D eigenvalue weighted by Gasteiger charge is 2.13. The van der Waals surface area contributed by atoms with Crippen LogP contribution in [-0.2, 0) is 0 Å². The maximum Gasteiger partial charge on any atom is 0.147 e. The maximum absolute atomic E-state index is 13.2. The number of aliphatic hydroxyl groups excluding tert-OH is 1. The zero-order chi connectivity index (χ0) is 14.0. The van der Waals surface area contributed by atoms with E-state index in [-0.39, 0.29) is 5.02 Å². The van der Waals surface area contributed by atoms with Gasteiger partial charge in [-0.15, -0.1) is 0 Å². The lowest BCUT2D eigenvalue weighted by molar-refractivity contribution is 0.195. The number of hydrogen-bond acceptors (Lipinski definition) is 2. The third kappa shape index (κ3) is 3.18. The van der Waals surface area contributed by atoms with Crippen LogP contribution in [0, 0.1) is 5.82 Å². The zero-order valence-corrected chi connectivity index (χ0v) is 11.5. The molecule has 2 aromatic rings. The summed E-state index contributed by atoms with van der Waals surface area (Å²) in [6.45, 7) is 1.53. The van der Waals surface area contributed by atoms with Gasteiger partial charge < -0.3 is 9.84 Å². The first kappa shape index (κ1) is 14.1. The Labute approximate surface area is 120 Å². The molecule has 100 valence electrons. The van der Waals surface area contributed by atoms with Crippen molar-refractivity contribution in [3.8, 4) is 11.5 Å². The molecule has 2 rings (SSSR count). The van der Waals surface area contributed by atoms with Gasteiger partial charge in [0.05, 0.1) is 11.1 Å². The van der Waals surface area contributed by atoms with Crippen molar-refractivity contribution in [3.63, 3.8) is 0 Å². The first-order valence-electron chi connectivity index (χ1n) is 5.58. The Hall–Kier alpha value is -1.29. The first-order chi connectivity index (χ1) is 8.99. The molecule has 2 aromatic carbocycles. The number of hydrogen-bond donors (Lipinski definition) is 1. The summed E-state index contributed by atoms with van der Waals surface area (Å²) in [5, 5.41) is 10.3. The van der Waals surface area contributed by atoms with Gasteiger partial charge in [0.1, 0.15) is 22.3 Å². The maximum atomic E-state index is 13.2. The molecule has 0 amide bonds. The number of rotatable bonds is 3. The highest BCUT2D eigenvalue weighted by atomic mass is 35.5. The van der Waals surface area contributed by atoms with E-state index in [0.29, 0.717) is 22.1 Å². The molecule has 5 heteroatoms. The van der Waals surface area contributed by atoms with Crippen LogP contribution in [0.4, 0.5) is 4.39 Å². The molecule has 0 aliphatic heterocycles. The van der Waals surface area contributed by atoms with E-state index in [9.17, 15) is 9.50 Å². The van der Waals surface area contributed by atoms with Gasteiger partial charge in [0, 0.05) is 5.56 Å². The number of halogens is 3. The third-order valence-electron chi connectivity index (χ3n) is 2.56. The van der Waals surface area contributed by atoms with E-state index in [1.807, 2.05) is 0 Å². The molecular formula is C14H11Cl2FO2. The Morgan fingerprint density at radius 2 is 1.89 bits per heavy atom. The van der Waals surface area contributed by atoms with Crippen LogP contribution in [0.2, 0.25) is 10.0 Å². The Balaban J connectivity index is 2.41. The Morgan fingerprint density at radius 1 is 1.16 bits per heavy atom. The molecule has 0 radical (unpaired) electrons. The Morgan fingerprint density at radius 3 is 2.58 bits per heavy atom. The van der Waals surface area contributed by atoms with Crippen LogP contribution >= 0.6 is 23.2 Å². The van der Waals surface area contributed by atoms with E-state index < -0.39 is 11.9 Å². The molecule has 0 aliphatic carbocycles. The molecule has 0 unspecified atom stereocenters. The second-order valence-electron chi connectivity index (χ2n) is 4.01. The summed E-state index contributed by atoms with van der Waals surface area (Å²) >= 11 is 11.9. The molecule has 1 atom stereocenters. The van der Waals surface area contributed by atoms with E-state index in [1.54, 1.807) is 18.2 Å². The topological polar surface area (TPSA) is 29.5 Å². The molecule has 0 saturated heterocycles. The van der Waals surface area contributed by atoms with Gasteiger partial charge in [0.15, 0.2) is 0 Å². The predicted molar refractivity (Wildman–Crippen MR) is 73.6 cm³/mol. The Kier molecular flexibility index (Phi) is 4.30. The summed E-state index contributed by atoms with van der Waals surface area (Å²) in [6, 6.07) is 8.88. The van der Waals surface area contributed by atoms with Crippen LogP contribution in [0.5, 0.6) is 11.5 Å². The van der Waals surface area contributed by atoms with Gasteiger partial charge in [0.25, 0.3) is 0 Å². The van der Waals surface area contributed by atoms with E-state index in [2.05, 4.69) is 0 Å². The fraction of sp³-hybridized carbons (Fsp3) is 0.143. The van der Waals surface area contributed by atoms with Gasteiger partial charge in [-0.3, -0.25) is 0 Å². The fourth-order valence-electron chi connectivity index (χ4n) is 1.62. The minimum Gasteiger partial charge on any atom is -0.455 e. The largest absolute Gasteiger partial charge is 0.455 e. The summed E-state index contributed by atoms with van der Waals surface area (Å²) in [5.41, 5.74) is 0.344. The van der Waals surface area contributed by atoms with E-state index in [1.165, 1.54) is 25.1 Å². The molecule has 0 heterocycles. The van der Waals surface area contributed by atoms with Crippen LogP contribution in [0.15, 0.2) is 36.4 Å². The van der Waals surface area contributed by atoms with Crippen molar-refractivity contribution in [3.05, 3.63) is 57.8 Å². The van der Waals surface area contributed by atoms with Crippen LogP contribution in [0.3, 0.4) is 0 Å². The lowest BCUT2D eigenvalue weighted by Gasteiger charge is -2.14. The average Bonchev–Trinajstić information content (AvgIpc) is 2.36. The van der Waals surface area contributed by atoms with Crippen LogP contribution in [0.25, 0.3) is 0 Å². The minimum atomic E-state index is -0.858. The lowest BCUT2D eigenvalue weighted by atomic mass is 10.1. The summed E-state index contributed by atoms with van der Waals surface area (Å²) in [6.07, 6.45) is -0.858. The van der Waals surface area contributed by atoms with Gasteiger partial charge in [-0.05, 0) is 37.3 Å². The highest BCUT2D eigenvalue weighted by Crippen LogP contribution is 2.37. The monoisotopic (exact) mass is 300 g/mol. The zero-order valence-electron chi connectivity index (χ0n) is 10.0. The molecule has 0 bridgehead atoms. The van der Waals surface area contributed by atoms with Crippen LogP contribution in [-0.4, -0.2) is 5.11 Å². The van der Waals surface area contributed by atoms with Gasteiger partial charge in [0.2, 0.25) is 0 Å². The summed E-state index contributed by atoms with van der Waals surface area (Å²) in [4.78, 5) is 0. The standard InChI is InChI=1S/C14H11Cl2FO2/c1-8(18)10-7-9(17)5-6-12(10)19-13-4-2-3-11(15)14(13)16/h2-8,18H,1H3/t8-/m0/s1.